The molecular formula is C8H11NOPS. The molecule has 12 heavy (non-hydrogen) atoms. The molecule has 0 N–H and O–H groups in total. The first-order valence-electron chi connectivity index (χ1n) is 3.82. The summed E-state index contributed by atoms with van der Waals surface area (Å²) in [4.78, 5) is 4.16. The van der Waals surface area contributed by atoms with Crippen LogP contribution in [0.4, 0.5) is 0 Å². The molecule has 1 heterocycles. The zero-order valence-electron chi connectivity index (χ0n) is 6.69. The molecule has 1 radical (unpaired) electrons. The Kier molecular flexibility index (Phi) is 4.97. The predicted octanol–water partition coefficient (Wildman–Crippen LogP) is 2.59. The fourth-order valence-electron chi connectivity index (χ4n) is 0.754. The molecule has 0 bridgehead atoms. The van der Waals surface area contributed by atoms with E-state index in [2.05, 4.69) is 4.98 Å². The van der Waals surface area contributed by atoms with Gasteiger partial charge in [0.05, 0.1) is 13.5 Å². The van der Waals surface area contributed by atoms with Crippen molar-refractivity contribution in [2.24, 2.45) is 0 Å². The van der Waals surface area contributed by atoms with Crippen molar-refractivity contribution in [2.75, 3.05) is 11.9 Å². The Morgan fingerprint density at radius 2 is 2.42 bits per heavy atom. The van der Waals surface area contributed by atoms with Gasteiger partial charge in [-0.2, -0.15) is 0 Å². The van der Waals surface area contributed by atoms with Crippen LogP contribution < -0.4 is 0 Å². The lowest BCUT2D eigenvalue weighted by molar-refractivity contribution is 0.598. The van der Waals surface area contributed by atoms with E-state index in [1.54, 1.807) is 18.0 Å². The molecule has 0 spiro atoms. The predicted molar refractivity (Wildman–Crippen MR) is 53.4 cm³/mol. The van der Waals surface area contributed by atoms with Gasteiger partial charge in [-0.3, -0.25) is 4.57 Å². The summed E-state index contributed by atoms with van der Waals surface area (Å²) in [5, 5.41) is 1.05. The SMILES string of the molecule is O=[PH]CCCSc1ccccn1. The molecule has 65 valence electrons. The van der Waals surface area contributed by atoms with Crippen molar-refractivity contribution in [1.29, 1.82) is 0 Å². The normalized spacial score (nSPS) is 10.3. The van der Waals surface area contributed by atoms with Crippen molar-refractivity contribution in [1.82, 2.24) is 4.98 Å². The third-order valence-electron chi connectivity index (χ3n) is 1.31. The Balaban J connectivity index is 2.20. The van der Waals surface area contributed by atoms with E-state index in [9.17, 15) is 4.57 Å². The van der Waals surface area contributed by atoms with Crippen LogP contribution in [0, 0.1) is 0 Å². The summed E-state index contributed by atoms with van der Waals surface area (Å²) in [5.74, 6) is 1.01. The molecule has 2 nitrogen and oxygen atoms in total. The molecule has 0 fully saturated rings. The molecule has 0 aliphatic carbocycles. The summed E-state index contributed by atoms with van der Waals surface area (Å²) >= 11 is 1.71. The highest BCUT2D eigenvalue weighted by atomic mass is 32.2. The maximum absolute atomic E-state index is 10.1. The Labute approximate surface area is 78.0 Å². The number of hydrogen-bond acceptors (Lipinski definition) is 3. The quantitative estimate of drug-likeness (QED) is 0.415. The lowest BCUT2D eigenvalue weighted by atomic mass is 10.5. The Hall–Kier alpha value is -0.400. The van der Waals surface area contributed by atoms with Gasteiger partial charge in [0, 0.05) is 18.1 Å². The van der Waals surface area contributed by atoms with Crippen LogP contribution in [-0.2, 0) is 4.57 Å². The van der Waals surface area contributed by atoms with Crippen LogP contribution in [0.25, 0.3) is 0 Å². The first kappa shape index (κ1) is 9.69. The number of nitrogens with zero attached hydrogens (tertiary/aromatic N) is 1. The molecule has 1 aromatic heterocycles. The van der Waals surface area contributed by atoms with Crippen LogP contribution >= 0.6 is 20.2 Å². The zero-order valence-corrected chi connectivity index (χ0v) is 8.51. The van der Waals surface area contributed by atoms with E-state index < -0.39 is 0 Å². The van der Waals surface area contributed by atoms with E-state index >= 15 is 0 Å². The molecule has 1 rings (SSSR count). The van der Waals surface area contributed by atoms with Crippen molar-refractivity contribution >= 4 is 20.2 Å². The fraction of sp³-hybridized carbons (Fsp3) is 0.375. The van der Waals surface area contributed by atoms with Crippen molar-refractivity contribution in [3.8, 4) is 0 Å². The summed E-state index contributed by atoms with van der Waals surface area (Å²) in [6.45, 7) is 0. The molecule has 0 aliphatic heterocycles. The maximum Gasteiger partial charge on any atom is 0.0959 e. The molecule has 1 atom stereocenters. The number of pyridine rings is 1. The molecule has 0 saturated heterocycles. The summed E-state index contributed by atoms with van der Waals surface area (Å²) in [6.07, 6.45) is 3.60. The summed E-state index contributed by atoms with van der Waals surface area (Å²) < 4.78 is 10.1. The Morgan fingerprint density at radius 1 is 1.50 bits per heavy atom. The van der Waals surface area contributed by atoms with Gasteiger partial charge in [0.1, 0.15) is 0 Å². The van der Waals surface area contributed by atoms with Crippen molar-refractivity contribution in [3.63, 3.8) is 0 Å². The van der Waals surface area contributed by atoms with Crippen LogP contribution in [0.15, 0.2) is 29.4 Å². The highest BCUT2D eigenvalue weighted by Crippen LogP contribution is 2.15. The second kappa shape index (κ2) is 6.15. The molecule has 0 aromatic carbocycles. The van der Waals surface area contributed by atoms with Crippen LogP contribution in [0.5, 0.6) is 0 Å². The minimum atomic E-state index is -0.158. The van der Waals surface area contributed by atoms with E-state index in [4.69, 9.17) is 0 Å². The number of rotatable bonds is 5. The third-order valence-corrected chi connectivity index (χ3v) is 2.90. The lowest BCUT2D eigenvalue weighted by Crippen LogP contribution is -1.82. The zero-order chi connectivity index (χ0) is 8.65. The van der Waals surface area contributed by atoms with Gasteiger partial charge >= 0.3 is 0 Å². The molecule has 1 unspecified atom stereocenters. The van der Waals surface area contributed by atoms with Crippen LogP contribution in [0.1, 0.15) is 6.42 Å². The van der Waals surface area contributed by atoms with E-state index in [-0.39, 0.29) is 8.46 Å². The van der Waals surface area contributed by atoms with Crippen LogP contribution in [0.3, 0.4) is 0 Å². The maximum atomic E-state index is 10.1. The molecule has 0 aliphatic rings. The summed E-state index contributed by atoms with van der Waals surface area (Å²) in [6, 6.07) is 5.87. The first-order chi connectivity index (χ1) is 5.93. The minimum absolute atomic E-state index is 0.158. The summed E-state index contributed by atoms with van der Waals surface area (Å²) in [5.41, 5.74) is 0. The molecule has 0 saturated carbocycles. The van der Waals surface area contributed by atoms with E-state index in [0.717, 1.165) is 23.4 Å². The smallest absolute Gasteiger partial charge is 0.0959 e. The molecule has 1 aromatic rings. The molecular weight excluding hydrogens is 189 g/mol. The molecule has 0 amide bonds. The highest BCUT2D eigenvalue weighted by Gasteiger charge is 1.92. The van der Waals surface area contributed by atoms with Crippen molar-refractivity contribution in [2.45, 2.75) is 11.4 Å². The van der Waals surface area contributed by atoms with Gasteiger partial charge in [0.15, 0.2) is 0 Å². The van der Waals surface area contributed by atoms with Crippen LogP contribution in [0.2, 0.25) is 0 Å². The van der Waals surface area contributed by atoms with E-state index in [0.29, 0.717) is 0 Å². The average Bonchev–Trinajstić information content (AvgIpc) is 2.14. The third kappa shape index (κ3) is 3.84. The first-order valence-corrected chi connectivity index (χ1v) is 5.92. The number of thioether (sulfide) groups is 1. The van der Waals surface area contributed by atoms with E-state index in [1.807, 2.05) is 18.2 Å². The average molecular weight is 200 g/mol. The number of hydrogen-bond donors (Lipinski definition) is 0. The van der Waals surface area contributed by atoms with Crippen molar-refractivity contribution in [3.05, 3.63) is 24.4 Å². The van der Waals surface area contributed by atoms with Gasteiger partial charge in [-0.25, -0.2) is 4.98 Å². The van der Waals surface area contributed by atoms with Gasteiger partial charge in [-0.15, -0.1) is 11.8 Å². The van der Waals surface area contributed by atoms with Crippen molar-refractivity contribution < 1.29 is 4.57 Å². The Morgan fingerprint density at radius 3 is 3.08 bits per heavy atom. The molecule has 4 heteroatoms. The number of aromatic nitrogens is 1. The fourth-order valence-corrected chi connectivity index (χ4v) is 2.14. The largest absolute Gasteiger partial charge is 0.291 e. The van der Waals surface area contributed by atoms with Gasteiger partial charge in [0.2, 0.25) is 0 Å². The lowest BCUT2D eigenvalue weighted by Gasteiger charge is -1.96. The van der Waals surface area contributed by atoms with Gasteiger partial charge in [0.25, 0.3) is 0 Å². The minimum Gasteiger partial charge on any atom is -0.291 e. The standard InChI is InChI=1S/C8H11NOPS/c10-11-6-3-7-12-8-4-1-2-5-9-8/h1-2,4-5,11H,3,6-7H2. The highest BCUT2D eigenvalue weighted by molar-refractivity contribution is 7.99. The van der Waals surface area contributed by atoms with E-state index in [1.165, 1.54) is 0 Å². The summed E-state index contributed by atoms with van der Waals surface area (Å²) in [7, 11) is -0.158. The van der Waals surface area contributed by atoms with Gasteiger partial charge in [-0.05, 0) is 18.6 Å². The second-order valence-electron chi connectivity index (χ2n) is 2.26. The topological polar surface area (TPSA) is 30.0 Å². The second-order valence-corrected chi connectivity index (χ2v) is 4.17. The van der Waals surface area contributed by atoms with Gasteiger partial charge in [-0.1, -0.05) is 6.07 Å². The van der Waals surface area contributed by atoms with Crippen LogP contribution in [-0.4, -0.2) is 16.9 Å². The van der Waals surface area contributed by atoms with Gasteiger partial charge < -0.3 is 0 Å². The Bertz CT molecular complexity index is 230. The monoisotopic (exact) mass is 200 g/mol.